The zero-order valence-electron chi connectivity index (χ0n) is 17.2. The van der Waals surface area contributed by atoms with Gasteiger partial charge >= 0.3 is 0 Å². The van der Waals surface area contributed by atoms with Crippen LogP contribution in [0.2, 0.25) is 0 Å². The fourth-order valence-electron chi connectivity index (χ4n) is 5.04. The molecule has 5 rings (SSSR count). The largest absolute Gasteiger partial charge is 0.380 e. The third-order valence-corrected chi connectivity index (χ3v) is 6.58. The normalized spacial score (nSPS) is 20.4. The maximum absolute atomic E-state index is 12.9. The molecule has 2 aliphatic rings. The summed E-state index contributed by atoms with van der Waals surface area (Å²) in [7, 11) is 0. The molecule has 5 heteroatoms. The number of carbonyl (C=O) groups is 1. The molecule has 1 saturated heterocycles. The van der Waals surface area contributed by atoms with Crippen molar-refractivity contribution in [1.29, 1.82) is 0 Å². The van der Waals surface area contributed by atoms with Crippen LogP contribution in [-0.2, 0) is 11.2 Å². The second kappa shape index (κ2) is 8.00. The van der Waals surface area contributed by atoms with Gasteiger partial charge in [-0.05, 0) is 48.7 Å². The Hall–Kier alpha value is -3.05. The van der Waals surface area contributed by atoms with E-state index in [2.05, 4.69) is 75.2 Å². The van der Waals surface area contributed by atoms with Crippen LogP contribution in [0, 0.1) is 0 Å². The van der Waals surface area contributed by atoms with E-state index in [1.54, 1.807) is 0 Å². The molecule has 1 aromatic heterocycles. The number of nitrogens with one attached hydrogen (secondary N) is 2. The van der Waals surface area contributed by atoms with Crippen LogP contribution in [0.15, 0.2) is 67.4 Å². The first kappa shape index (κ1) is 18.9. The second-order valence-corrected chi connectivity index (χ2v) is 8.24. The Morgan fingerprint density at radius 3 is 2.73 bits per heavy atom. The highest BCUT2D eigenvalue weighted by Gasteiger charge is 2.36. The van der Waals surface area contributed by atoms with Crippen molar-refractivity contribution >= 4 is 28.1 Å². The molecule has 154 valence electrons. The summed E-state index contributed by atoms with van der Waals surface area (Å²) in [5.41, 5.74) is 4.93. The first-order chi connectivity index (χ1) is 14.7. The molecular formula is C25H28N4O. The minimum atomic E-state index is -0.166. The van der Waals surface area contributed by atoms with Gasteiger partial charge in [0.1, 0.15) is 0 Å². The van der Waals surface area contributed by atoms with E-state index < -0.39 is 0 Å². The predicted molar refractivity (Wildman–Crippen MR) is 123 cm³/mol. The van der Waals surface area contributed by atoms with Crippen molar-refractivity contribution in [2.24, 2.45) is 0 Å². The van der Waals surface area contributed by atoms with Gasteiger partial charge in [0.15, 0.2) is 5.78 Å². The van der Waals surface area contributed by atoms with Crippen LogP contribution in [0.3, 0.4) is 0 Å². The number of benzene rings is 2. The number of ketones is 1. The van der Waals surface area contributed by atoms with E-state index in [0.29, 0.717) is 0 Å². The number of anilines is 2. The van der Waals surface area contributed by atoms with Crippen molar-refractivity contribution in [3.05, 3.63) is 72.9 Å². The molecule has 2 atom stereocenters. The molecule has 0 spiro atoms. The van der Waals surface area contributed by atoms with Gasteiger partial charge in [-0.25, -0.2) is 0 Å². The SMILES string of the molecule is C=CC(=O)C(C1CCc2ccccc2N1)N1CCN(c2cccc3[nH]ccc23)CC1. The van der Waals surface area contributed by atoms with Crippen molar-refractivity contribution in [2.45, 2.75) is 24.9 Å². The van der Waals surface area contributed by atoms with Crippen molar-refractivity contribution in [3.63, 3.8) is 0 Å². The molecule has 0 aliphatic carbocycles. The average molecular weight is 401 g/mol. The lowest BCUT2D eigenvalue weighted by Crippen LogP contribution is -2.58. The highest BCUT2D eigenvalue weighted by molar-refractivity contribution is 5.95. The molecule has 2 aliphatic heterocycles. The number of aryl methyl sites for hydroxylation is 1. The molecule has 3 heterocycles. The molecule has 30 heavy (non-hydrogen) atoms. The average Bonchev–Trinajstić information content (AvgIpc) is 3.28. The Bertz CT molecular complexity index is 1060. The molecule has 0 saturated carbocycles. The van der Waals surface area contributed by atoms with Gasteiger partial charge in [-0.3, -0.25) is 9.69 Å². The molecule has 1 fully saturated rings. The van der Waals surface area contributed by atoms with Gasteiger partial charge in [-0.15, -0.1) is 0 Å². The lowest BCUT2D eigenvalue weighted by molar-refractivity contribution is -0.120. The standard InChI is InChI=1S/C25H28N4O/c1-2-24(30)25(22-11-10-18-6-3-4-7-20(18)27-22)29-16-14-28(15-17-29)23-9-5-8-21-19(23)12-13-26-21/h2-9,12-13,22,25-27H,1,10-11,14-17H2. The topological polar surface area (TPSA) is 51.4 Å². The summed E-state index contributed by atoms with van der Waals surface area (Å²) in [6.07, 6.45) is 5.46. The Labute approximate surface area is 177 Å². The third kappa shape index (κ3) is 3.39. The van der Waals surface area contributed by atoms with E-state index in [1.807, 2.05) is 6.20 Å². The Kier molecular flexibility index (Phi) is 5.05. The van der Waals surface area contributed by atoms with E-state index in [-0.39, 0.29) is 17.9 Å². The van der Waals surface area contributed by atoms with Gasteiger partial charge in [0, 0.05) is 60.7 Å². The monoisotopic (exact) mass is 400 g/mol. The van der Waals surface area contributed by atoms with Gasteiger partial charge in [0.25, 0.3) is 0 Å². The molecule has 3 aromatic rings. The van der Waals surface area contributed by atoms with Crippen molar-refractivity contribution in [1.82, 2.24) is 9.88 Å². The Balaban J connectivity index is 1.33. The highest BCUT2D eigenvalue weighted by atomic mass is 16.1. The Morgan fingerprint density at radius 1 is 1.07 bits per heavy atom. The number of hydrogen-bond acceptors (Lipinski definition) is 4. The summed E-state index contributed by atoms with van der Waals surface area (Å²) in [4.78, 5) is 21.0. The number of nitrogens with zero attached hydrogens (tertiary/aromatic N) is 2. The van der Waals surface area contributed by atoms with Crippen LogP contribution in [0.4, 0.5) is 11.4 Å². The summed E-state index contributed by atoms with van der Waals surface area (Å²) >= 11 is 0. The Morgan fingerprint density at radius 2 is 1.90 bits per heavy atom. The summed E-state index contributed by atoms with van der Waals surface area (Å²) in [6.45, 7) is 7.34. The van der Waals surface area contributed by atoms with Crippen molar-refractivity contribution in [3.8, 4) is 0 Å². The fourth-order valence-corrected chi connectivity index (χ4v) is 5.04. The van der Waals surface area contributed by atoms with Crippen LogP contribution in [0.1, 0.15) is 12.0 Å². The lowest BCUT2D eigenvalue weighted by atomic mass is 9.90. The van der Waals surface area contributed by atoms with Crippen LogP contribution in [0.5, 0.6) is 0 Å². The number of para-hydroxylation sites is 1. The molecule has 2 N–H and O–H groups in total. The first-order valence-electron chi connectivity index (χ1n) is 10.8. The van der Waals surface area contributed by atoms with Gasteiger partial charge in [0.05, 0.1) is 6.04 Å². The van der Waals surface area contributed by atoms with Crippen LogP contribution >= 0.6 is 0 Å². The molecule has 5 nitrogen and oxygen atoms in total. The number of aromatic nitrogens is 1. The molecule has 0 amide bonds. The maximum atomic E-state index is 12.9. The van der Waals surface area contributed by atoms with Gasteiger partial charge < -0.3 is 15.2 Å². The summed E-state index contributed by atoms with van der Waals surface area (Å²) in [6, 6.07) is 16.9. The van der Waals surface area contributed by atoms with E-state index in [0.717, 1.165) is 44.7 Å². The van der Waals surface area contributed by atoms with Gasteiger partial charge in [-0.2, -0.15) is 0 Å². The second-order valence-electron chi connectivity index (χ2n) is 8.24. The van der Waals surface area contributed by atoms with Crippen molar-refractivity contribution < 1.29 is 4.79 Å². The molecular weight excluding hydrogens is 372 g/mol. The number of piperazine rings is 1. The number of rotatable bonds is 5. The molecule has 0 radical (unpaired) electrons. The minimum Gasteiger partial charge on any atom is -0.380 e. The number of hydrogen-bond donors (Lipinski definition) is 2. The van der Waals surface area contributed by atoms with Crippen LogP contribution in [-0.4, -0.2) is 53.9 Å². The number of carbonyl (C=O) groups excluding carboxylic acids is 1. The first-order valence-corrected chi connectivity index (χ1v) is 10.8. The number of H-pyrrole nitrogens is 1. The maximum Gasteiger partial charge on any atom is 0.174 e. The quantitative estimate of drug-likeness (QED) is 0.639. The zero-order valence-corrected chi connectivity index (χ0v) is 17.2. The lowest BCUT2D eigenvalue weighted by Gasteiger charge is -2.43. The van der Waals surface area contributed by atoms with E-state index >= 15 is 0 Å². The van der Waals surface area contributed by atoms with Gasteiger partial charge in [0.2, 0.25) is 0 Å². The van der Waals surface area contributed by atoms with E-state index in [4.69, 9.17) is 0 Å². The summed E-state index contributed by atoms with van der Waals surface area (Å²) in [5.74, 6) is 0.119. The summed E-state index contributed by atoms with van der Waals surface area (Å²) < 4.78 is 0. The third-order valence-electron chi connectivity index (χ3n) is 6.58. The highest BCUT2D eigenvalue weighted by Crippen LogP contribution is 2.30. The number of fused-ring (bicyclic) bond motifs is 2. The minimum absolute atomic E-state index is 0.116. The summed E-state index contributed by atoms with van der Waals surface area (Å²) in [5, 5.41) is 4.90. The molecule has 2 unspecified atom stereocenters. The van der Waals surface area contributed by atoms with Crippen molar-refractivity contribution in [2.75, 3.05) is 36.4 Å². The van der Waals surface area contributed by atoms with E-state index in [9.17, 15) is 4.79 Å². The van der Waals surface area contributed by atoms with Gasteiger partial charge in [-0.1, -0.05) is 30.8 Å². The zero-order chi connectivity index (χ0) is 20.5. The van der Waals surface area contributed by atoms with Crippen LogP contribution in [0.25, 0.3) is 10.9 Å². The fraction of sp³-hybridized carbons (Fsp3) is 0.320. The van der Waals surface area contributed by atoms with Crippen LogP contribution < -0.4 is 10.2 Å². The molecule has 0 bridgehead atoms. The smallest absolute Gasteiger partial charge is 0.174 e. The number of aromatic amines is 1. The predicted octanol–water partition coefficient (Wildman–Crippen LogP) is 3.84. The molecule has 2 aromatic carbocycles. The van der Waals surface area contributed by atoms with E-state index in [1.165, 1.54) is 28.2 Å².